The molecule has 0 atom stereocenters. The van der Waals surface area contributed by atoms with Crippen molar-refractivity contribution in [2.45, 2.75) is 59.4 Å². The minimum atomic E-state index is 0. The van der Waals surface area contributed by atoms with Crippen LogP contribution in [0, 0.1) is 13.8 Å². The maximum absolute atomic E-state index is 2.45. The lowest BCUT2D eigenvalue weighted by molar-refractivity contribution is -0.665. The SMILES string of the molecule is CC[n+]1c(/C=C/C=C2CCCCC2)sc2cccc(/C=C/N(C)c3cccc(C)c3C)c21.[I-]. The second-order valence-corrected chi connectivity index (χ2v) is 9.83. The highest BCUT2D eigenvalue weighted by Crippen LogP contribution is 2.27. The average Bonchev–Trinajstić information content (AvgIpc) is 3.18. The zero-order valence-electron chi connectivity index (χ0n) is 20.3. The lowest BCUT2D eigenvalue weighted by Crippen LogP contribution is -3.00. The van der Waals surface area contributed by atoms with Gasteiger partial charge in [-0.2, -0.15) is 4.57 Å². The third-order valence-corrected chi connectivity index (χ3v) is 7.71. The lowest BCUT2D eigenvalue weighted by Gasteiger charge is -2.18. The highest BCUT2D eigenvalue weighted by atomic mass is 127. The third-order valence-electron chi connectivity index (χ3n) is 6.60. The van der Waals surface area contributed by atoms with Crippen LogP contribution in [0.5, 0.6) is 0 Å². The van der Waals surface area contributed by atoms with Gasteiger partial charge in [0.15, 0.2) is 0 Å². The molecule has 1 heterocycles. The van der Waals surface area contributed by atoms with E-state index in [1.807, 2.05) is 11.3 Å². The first kappa shape index (κ1) is 25.7. The van der Waals surface area contributed by atoms with Gasteiger partial charge in [0.25, 0.3) is 5.01 Å². The first-order chi connectivity index (χ1) is 15.6. The molecular weight excluding hydrogens is 535 g/mol. The van der Waals surface area contributed by atoms with Crippen molar-refractivity contribution < 1.29 is 28.5 Å². The minimum Gasteiger partial charge on any atom is -1.00 e. The first-order valence-electron chi connectivity index (χ1n) is 11.9. The number of anilines is 1. The molecule has 1 aliphatic carbocycles. The number of para-hydroxylation sites is 1. The highest BCUT2D eigenvalue weighted by Gasteiger charge is 2.19. The Morgan fingerprint density at radius 3 is 2.52 bits per heavy atom. The van der Waals surface area contributed by atoms with Crippen molar-refractivity contribution in [3.8, 4) is 0 Å². The van der Waals surface area contributed by atoms with E-state index in [4.69, 9.17) is 0 Å². The molecule has 0 radical (unpaired) electrons. The van der Waals surface area contributed by atoms with Gasteiger partial charge in [-0.25, -0.2) is 0 Å². The number of aromatic nitrogens is 1. The fourth-order valence-corrected chi connectivity index (χ4v) is 5.76. The normalized spacial score (nSPS) is 14.2. The van der Waals surface area contributed by atoms with Gasteiger partial charge in [-0.15, -0.1) is 0 Å². The van der Waals surface area contributed by atoms with Crippen molar-refractivity contribution in [3.63, 3.8) is 0 Å². The van der Waals surface area contributed by atoms with E-state index in [2.05, 4.69) is 104 Å². The number of halogens is 1. The van der Waals surface area contributed by atoms with Crippen LogP contribution in [0.4, 0.5) is 5.69 Å². The minimum absolute atomic E-state index is 0. The summed E-state index contributed by atoms with van der Waals surface area (Å²) >= 11 is 1.88. The van der Waals surface area contributed by atoms with Gasteiger partial charge >= 0.3 is 0 Å². The van der Waals surface area contributed by atoms with E-state index in [1.54, 1.807) is 5.57 Å². The molecule has 33 heavy (non-hydrogen) atoms. The van der Waals surface area contributed by atoms with E-state index < -0.39 is 0 Å². The van der Waals surface area contributed by atoms with Crippen LogP contribution in [0.3, 0.4) is 0 Å². The summed E-state index contributed by atoms with van der Waals surface area (Å²) in [5.74, 6) is 0. The van der Waals surface area contributed by atoms with Crippen molar-refractivity contribution in [2.24, 2.45) is 0 Å². The Kier molecular flexibility index (Phi) is 9.33. The number of fused-ring (bicyclic) bond motifs is 1. The molecule has 4 rings (SSSR count). The molecule has 174 valence electrons. The van der Waals surface area contributed by atoms with Gasteiger partial charge in [0.1, 0.15) is 11.2 Å². The number of aryl methyl sites for hydroxylation is 2. The number of hydrogen-bond donors (Lipinski definition) is 0. The van der Waals surface area contributed by atoms with Crippen LogP contribution < -0.4 is 33.4 Å². The van der Waals surface area contributed by atoms with Crippen molar-refractivity contribution in [1.29, 1.82) is 0 Å². The molecule has 1 saturated carbocycles. The Labute approximate surface area is 220 Å². The predicted octanol–water partition coefficient (Wildman–Crippen LogP) is 4.84. The van der Waals surface area contributed by atoms with Crippen LogP contribution in [-0.4, -0.2) is 7.05 Å². The molecule has 1 aromatic heterocycles. The molecule has 0 N–H and O–H groups in total. The van der Waals surface area contributed by atoms with E-state index in [1.165, 1.54) is 69.7 Å². The van der Waals surface area contributed by atoms with Crippen LogP contribution in [0.15, 0.2) is 60.3 Å². The summed E-state index contributed by atoms with van der Waals surface area (Å²) in [7, 11) is 2.13. The number of rotatable bonds is 6. The maximum atomic E-state index is 2.45. The molecule has 2 nitrogen and oxygen atoms in total. The van der Waals surface area contributed by atoms with Crippen LogP contribution >= 0.6 is 11.3 Å². The summed E-state index contributed by atoms with van der Waals surface area (Å²) < 4.78 is 3.79. The average molecular weight is 571 g/mol. The van der Waals surface area contributed by atoms with Gasteiger partial charge in [0.2, 0.25) is 5.52 Å². The molecule has 0 spiro atoms. The van der Waals surface area contributed by atoms with Crippen molar-refractivity contribution >= 4 is 39.4 Å². The Morgan fingerprint density at radius 1 is 1.00 bits per heavy atom. The Morgan fingerprint density at radius 2 is 1.76 bits per heavy atom. The van der Waals surface area contributed by atoms with Gasteiger partial charge in [0, 0.05) is 30.6 Å². The quantitative estimate of drug-likeness (QED) is 0.304. The zero-order chi connectivity index (χ0) is 22.5. The first-order valence-corrected chi connectivity index (χ1v) is 12.7. The van der Waals surface area contributed by atoms with E-state index >= 15 is 0 Å². The molecule has 0 unspecified atom stereocenters. The Hall–Kier alpha value is -1.92. The van der Waals surface area contributed by atoms with Crippen LogP contribution in [0.1, 0.15) is 60.7 Å². The number of nitrogens with zero attached hydrogens (tertiary/aromatic N) is 2. The summed E-state index contributed by atoms with van der Waals surface area (Å²) in [5.41, 5.74) is 8.11. The topological polar surface area (TPSA) is 7.12 Å². The standard InChI is InChI=1S/C29H35N2S.HI/c1-5-31-28(19-10-15-24-13-7-6-8-14-24)32-27-18-11-16-25(29(27)31)20-21-30(4)26-17-9-12-22(2)23(26)3;/h9-12,15-21H,5-8,13-14H2,1-4H3;1H/q+1;/p-1/b19-10+,21-20+;. The summed E-state index contributed by atoms with van der Waals surface area (Å²) in [6, 6.07) is 13.1. The third kappa shape index (κ3) is 5.96. The van der Waals surface area contributed by atoms with Crippen molar-refractivity contribution in [2.75, 3.05) is 11.9 Å². The summed E-state index contributed by atoms with van der Waals surface area (Å²) in [5, 5.41) is 1.32. The summed E-state index contributed by atoms with van der Waals surface area (Å²) in [6.45, 7) is 7.58. The molecular formula is C29H35IN2S. The van der Waals surface area contributed by atoms with E-state index in [0.717, 1.165) is 6.54 Å². The van der Waals surface area contributed by atoms with Crippen molar-refractivity contribution in [3.05, 3.63) is 82.0 Å². The zero-order valence-corrected chi connectivity index (χ0v) is 23.2. The van der Waals surface area contributed by atoms with E-state index in [9.17, 15) is 0 Å². The van der Waals surface area contributed by atoms with Gasteiger partial charge in [0.05, 0.1) is 0 Å². The second-order valence-electron chi connectivity index (χ2n) is 8.77. The Bertz CT molecular complexity index is 1180. The second kappa shape index (κ2) is 12.0. The van der Waals surface area contributed by atoms with Crippen molar-refractivity contribution in [1.82, 2.24) is 0 Å². The summed E-state index contributed by atoms with van der Waals surface area (Å²) in [4.78, 5) is 2.22. The molecule has 4 heteroatoms. The monoisotopic (exact) mass is 570 g/mol. The van der Waals surface area contributed by atoms with Crippen LogP contribution in [-0.2, 0) is 6.54 Å². The van der Waals surface area contributed by atoms with Crippen LogP contribution in [0.25, 0.3) is 22.4 Å². The number of hydrogen-bond acceptors (Lipinski definition) is 2. The van der Waals surface area contributed by atoms with Gasteiger partial charge in [-0.05, 0) is 81.9 Å². The van der Waals surface area contributed by atoms with Gasteiger partial charge < -0.3 is 28.9 Å². The number of benzene rings is 2. The molecule has 0 aliphatic heterocycles. The molecule has 0 saturated heterocycles. The fourth-order valence-electron chi connectivity index (χ4n) is 4.59. The maximum Gasteiger partial charge on any atom is 0.262 e. The van der Waals surface area contributed by atoms with Gasteiger partial charge in [-0.3, -0.25) is 0 Å². The fraction of sp³-hybridized carbons (Fsp3) is 0.345. The Balaban J connectivity index is 0.00000306. The van der Waals surface area contributed by atoms with E-state index in [0.29, 0.717) is 0 Å². The summed E-state index contributed by atoms with van der Waals surface area (Å²) in [6.07, 6.45) is 18.0. The molecule has 3 aromatic rings. The molecule has 1 aliphatic rings. The highest BCUT2D eigenvalue weighted by molar-refractivity contribution is 7.18. The molecule has 0 bridgehead atoms. The van der Waals surface area contributed by atoms with E-state index in [-0.39, 0.29) is 24.0 Å². The molecule has 1 fully saturated rings. The lowest BCUT2D eigenvalue weighted by atomic mass is 9.95. The number of allylic oxidation sites excluding steroid dienone is 3. The molecule has 2 aromatic carbocycles. The number of thiazole rings is 1. The largest absolute Gasteiger partial charge is 1.00 e. The van der Waals surface area contributed by atoms with Crippen LogP contribution in [0.2, 0.25) is 0 Å². The smallest absolute Gasteiger partial charge is 0.262 e. The van der Waals surface area contributed by atoms with Gasteiger partial charge in [-0.1, -0.05) is 53.7 Å². The molecule has 0 amide bonds. The predicted molar refractivity (Wildman–Crippen MR) is 141 cm³/mol.